The number of hydrogen-bond donors (Lipinski definition) is 0. The van der Waals surface area contributed by atoms with Crippen molar-refractivity contribution in [2.45, 2.75) is 38.0 Å². The van der Waals surface area contributed by atoms with Crippen LogP contribution in [0.3, 0.4) is 0 Å². The second kappa shape index (κ2) is 8.94. The first kappa shape index (κ1) is 24.1. The van der Waals surface area contributed by atoms with Gasteiger partial charge in [-0.25, -0.2) is 0 Å². The van der Waals surface area contributed by atoms with Gasteiger partial charge in [0.2, 0.25) is 0 Å². The van der Waals surface area contributed by atoms with Gasteiger partial charge in [0.05, 0.1) is 0 Å². The van der Waals surface area contributed by atoms with Crippen LogP contribution >= 0.6 is 13.2 Å². The van der Waals surface area contributed by atoms with E-state index in [4.69, 9.17) is 0 Å². The predicted octanol–water partition coefficient (Wildman–Crippen LogP) is 7.33. The molecular weight excluding hydrogens is 470 g/mol. The zero-order chi connectivity index (χ0) is 24.6. The average Bonchev–Trinajstić information content (AvgIpc) is 3.64. The number of rotatable bonds is 6. The fourth-order valence-electron chi connectivity index (χ4n) is 8.93. The van der Waals surface area contributed by atoms with E-state index in [2.05, 4.69) is 128 Å². The zero-order valence-corrected chi connectivity index (χ0v) is 23.5. The monoisotopic (exact) mass is 510 g/mol. The van der Waals surface area contributed by atoms with E-state index >= 15 is 0 Å². The summed E-state index contributed by atoms with van der Waals surface area (Å²) >= 11 is 0. The van der Waals surface area contributed by atoms with Crippen LogP contribution in [-0.2, 0) is 0 Å². The molecule has 0 aromatic heterocycles. The van der Waals surface area contributed by atoms with E-state index in [0.717, 1.165) is 0 Å². The van der Waals surface area contributed by atoms with E-state index < -0.39 is 13.2 Å². The first-order chi connectivity index (χ1) is 17.7. The van der Waals surface area contributed by atoms with E-state index in [1.807, 2.05) is 0 Å². The molecule has 2 fully saturated rings. The van der Waals surface area contributed by atoms with Crippen LogP contribution in [0.25, 0.3) is 0 Å². The number of hydrogen-bond acceptors (Lipinski definition) is 0. The molecule has 0 nitrogen and oxygen atoms in total. The third-order valence-corrected chi connectivity index (χ3v) is 29.2. The molecule has 36 heavy (non-hydrogen) atoms. The quantitative estimate of drug-likeness (QED) is 0.238. The fraction of sp³-hybridized carbons (Fsp3) is 0.294. The summed E-state index contributed by atoms with van der Waals surface area (Å²) in [6.45, 7) is -2.41. The van der Waals surface area contributed by atoms with Crippen LogP contribution in [0.15, 0.2) is 121 Å². The topological polar surface area (TPSA) is 0 Å². The van der Waals surface area contributed by atoms with Crippen molar-refractivity contribution in [2.75, 3.05) is 24.6 Å². The summed E-state index contributed by atoms with van der Waals surface area (Å²) in [4.78, 5) is 0. The Balaban J connectivity index is 1.78. The molecule has 0 amide bonds. The summed E-state index contributed by atoms with van der Waals surface area (Å²) in [6, 6.07) is 47.6. The second-order valence-corrected chi connectivity index (χ2v) is 23.6. The Hall–Kier alpha value is -2.26. The molecule has 2 aliphatic rings. The van der Waals surface area contributed by atoms with Crippen molar-refractivity contribution in [3.8, 4) is 0 Å². The summed E-state index contributed by atoms with van der Waals surface area (Å²) in [7, 11) is 0. The fourth-order valence-corrected chi connectivity index (χ4v) is 31.1. The Morgan fingerprint density at radius 3 is 0.833 bits per heavy atom. The van der Waals surface area contributed by atoms with Gasteiger partial charge < -0.3 is 0 Å². The van der Waals surface area contributed by atoms with Gasteiger partial charge >= 0.3 is 218 Å². The van der Waals surface area contributed by atoms with Crippen molar-refractivity contribution in [1.29, 1.82) is 0 Å². The van der Waals surface area contributed by atoms with Crippen LogP contribution < -0.4 is 21.2 Å². The second-order valence-electron chi connectivity index (χ2n) is 11.5. The summed E-state index contributed by atoms with van der Waals surface area (Å²) in [5.74, 6) is 0. The van der Waals surface area contributed by atoms with Gasteiger partial charge in [0.15, 0.2) is 0 Å². The minimum absolute atomic E-state index is 0.626. The molecule has 0 N–H and O–H groups in total. The van der Waals surface area contributed by atoms with Crippen LogP contribution in [0, 0.1) is 0 Å². The average molecular weight is 511 g/mol. The van der Waals surface area contributed by atoms with Gasteiger partial charge in [0.25, 0.3) is 0 Å². The molecule has 0 radical (unpaired) electrons. The molecule has 6 rings (SSSR count). The van der Waals surface area contributed by atoms with Crippen LogP contribution in [-0.4, -0.2) is 30.0 Å². The Bertz CT molecular complexity index is 1110. The number of benzene rings is 4. The molecule has 2 heterocycles. The van der Waals surface area contributed by atoms with Gasteiger partial charge in [-0.1, -0.05) is 0 Å². The molecule has 0 atom stereocenters. The van der Waals surface area contributed by atoms with Gasteiger partial charge in [-0.15, -0.1) is 0 Å². The molecule has 2 aliphatic heterocycles. The third kappa shape index (κ3) is 3.01. The molecule has 4 aromatic rings. The molecular formula is C34H40P2. The van der Waals surface area contributed by atoms with Crippen LogP contribution in [0.2, 0.25) is 0 Å². The van der Waals surface area contributed by atoms with Gasteiger partial charge in [-0.3, -0.25) is 0 Å². The molecule has 0 spiro atoms. The minimum atomic E-state index is -2.58. The van der Waals surface area contributed by atoms with Gasteiger partial charge in [0.1, 0.15) is 0 Å². The van der Waals surface area contributed by atoms with Crippen LogP contribution in [0.1, 0.15) is 32.6 Å². The van der Waals surface area contributed by atoms with Crippen molar-refractivity contribution in [2.24, 2.45) is 0 Å². The zero-order valence-electron chi connectivity index (χ0n) is 21.7. The maximum atomic E-state index is 2.76. The first-order valence-electron chi connectivity index (χ1n) is 13.9. The van der Waals surface area contributed by atoms with E-state index in [0.29, 0.717) is 5.40 Å². The molecule has 186 valence electrons. The SMILES string of the molecule is CC(P1(c2ccccc2)(c2ccccc2)CCCC1)P1(c2ccccc2)(c2ccccc2)CCCC1. The summed E-state index contributed by atoms with van der Waals surface area (Å²) in [5.41, 5.74) is 0. The molecule has 0 bridgehead atoms. The Kier molecular flexibility index (Phi) is 5.98. The standard InChI is InChI=1S/C34H40P2/c1-30(35(26-14-15-27-35,31-18-6-2-7-19-31)32-20-8-3-9-21-32)36(28-16-17-29-36,33-22-10-4-11-23-33)34-24-12-5-13-25-34/h2-13,18-25,30H,14-17,26-29H2,1H3. The molecule has 2 heteroatoms. The molecule has 2 saturated heterocycles. The molecule has 0 unspecified atom stereocenters. The Morgan fingerprint density at radius 1 is 0.389 bits per heavy atom. The van der Waals surface area contributed by atoms with Crippen LogP contribution in [0.5, 0.6) is 0 Å². The Labute approximate surface area is 218 Å². The third-order valence-electron chi connectivity index (χ3n) is 10.6. The Morgan fingerprint density at radius 2 is 0.611 bits per heavy atom. The van der Waals surface area contributed by atoms with Gasteiger partial charge in [-0.2, -0.15) is 0 Å². The first-order valence-corrected chi connectivity index (χ1v) is 19.2. The molecule has 0 aliphatic carbocycles. The van der Waals surface area contributed by atoms with E-state index in [-0.39, 0.29) is 0 Å². The summed E-state index contributed by atoms with van der Waals surface area (Å²) < 4.78 is 0. The normalized spacial score (nSPS) is 24.5. The summed E-state index contributed by atoms with van der Waals surface area (Å²) in [5, 5.41) is 7.30. The van der Waals surface area contributed by atoms with Crippen LogP contribution in [0.4, 0.5) is 0 Å². The van der Waals surface area contributed by atoms with Crippen molar-refractivity contribution < 1.29 is 0 Å². The summed E-state index contributed by atoms with van der Waals surface area (Å²) in [6.07, 6.45) is 10.8. The predicted molar refractivity (Wildman–Crippen MR) is 166 cm³/mol. The van der Waals surface area contributed by atoms with Crippen molar-refractivity contribution in [3.05, 3.63) is 121 Å². The molecule has 0 saturated carbocycles. The molecule has 4 aromatic carbocycles. The van der Waals surface area contributed by atoms with E-state index in [1.54, 1.807) is 21.2 Å². The van der Waals surface area contributed by atoms with Gasteiger partial charge in [0, 0.05) is 0 Å². The van der Waals surface area contributed by atoms with Gasteiger partial charge in [-0.05, 0) is 0 Å². The van der Waals surface area contributed by atoms with E-state index in [9.17, 15) is 0 Å². The van der Waals surface area contributed by atoms with E-state index in [1.165, 1.54) is 50.3 Å². The van der Waals surface area contributed by atoms with Crippen molar-refractivity contribution in [3.63, 3.8) is 0 Å². The maximum absolute atomic E-state index is 2.76. The van der Waals surface area contributed by atoms with Crippen molar-refractivity contribution in [1.82, 2.24) is 0 Å². The van der Waals surface area contributed by atoms with Crippen molar-refractivity contribution >= 4 is 34.4 Å².